The molecule has 33 heavy (non-hydrogen) atoms. The Kier molecular flexibility index (Phi) is 5.05. The van der Waals surface area contributed by atoms with Crippen LogP contribution in [-0.4, -0.2) is 7.05 Å². The zero-order chi connectivity index (χ0) is 22.4. The summed E-state index contributed by atoms with van der Waals surface area (Å²) in [5.74, 6) is 0. The summed E-state index contributed by atoms with van der Waals surface area (Å²) < 4.78 is 3.62. The molecule has 6 rings (SSSR count). The number of benzene rings is 4. The second kappa shape index (κ2) is 8.22. The highest BCUT2D eigenvalue weighted by Gasteiger charge is 2.23. The molecule has 2 heterocycles. The van der Waals surface area contributed by atoms with Crippen LogP contribution < -0.4 is 9.47 Å². The number of fused-ring (bicyclic) bond motifs is 6. The van der Waals surface area contributed by atoms with E-state index in [4.69, 9.17) is 0 Å². The first-order valence-electron chi connectivity index (χ1n) is 11.0. The number of nitrogens with zero attached hydrogens (tertiary/aromatic N) is 2. The number of allylic oxidation sites excluding steroid dienone is 4. The Bertz CT molecular complexity index is 1620. The Balaban J connectivity index is 1.25. The molecule has 0 spiro atoms. The largest absolute Gasteiger partial charge is 0.338 e. The van der Waals surface area contributed by atoms with Gasteiger partial charge >= 0.3 is 0 Å². The third-order valence-corrected chi connectivity index (χ3v) is 8.72. The minimum Gasteiger partial charge on any atom is -0.338 e. The Morgan fingerprint density at radius 2 is 1.52 bits per heavy atom. The SMILES string of the molecule is CN1\C(=C/C=C/C=C/c2sc3c4ccccc4ccc3[n+]2C)Sc2c1ccc1ccccc21. The molecule has 0 saturated carbocycles. The lowest BCUT2D eigenvalue weighted by Gasteiger charge is -2.13. The molecule has 1 aromatic heterocycles. The van der Waals surface area contributed by atoms with Crippen molar-refractivity contribution in [1.82, 2.24) is 0 Å². The van der Waals surface area contributed by atoms with E-state index in [9.17, 15) is 0 Å². The van der Waals surface area contributed by atoms with E-state index in [0.717, 1.165) is 0 Å². The Labute approximate surface area is 201 Å². The van der Waals surface area contributed by atoms with E-state index in [1.54, 1.807) is 0 Å². The summed E-state index contributed by atoms with van der Waals surface area (Å²) >= 11 is 3.69. The van der Waals surface area contributed by atoms with Gasteiger partial charge in [-0.1, -0.05) is 95.9 Å². The number of thiazole rings is 1. The second-order valence-corrected chi connectivity index (χ2v) is 10.2. The molecule has 4 aromatic carbocycles. The number of anilines is 1. The summed E-state index contributed by atoms with van der Waals surface area (Å²) in [5, 5.41) is 7.71. The van der Waals surface area contributed by atoms with E-state index >= 15 is 0 Å². The van der Waals surface area contributed by atoms with Gasteiger partial charge in [0, 0.05) is 29.5 Å². The molecular formula is C29H23N2S2+. The van der Waals surface area contributed by atoms with Crippen molar-refractivity contribution < 1.29 is 4.57 Å². The monoisotopic (exact) mass is 463 g/mol. The number of aromatic nitrogens is 1. The highest BCUT2D eigenvalue weighted by atomic mass is 32.2. The van der Waals surface area contributed by atoms with Crippen molar-refractivity contribution in [3.05, 3.63) is 107 Å². The van der Waals surface area contributed by atoms with Gasteiger partial charge in [-0.05, 0) is 34.4 Å². The minimum absolute atomic E-state index is 1.24. The van der Waals surface area contributed by atoms with E-state index in [0.29, 0.717) is 0 Å². The normalized spacial score (nSPS) is 15.2. The summed E-state index contributed by atoms with van der Waals surface area (Å²) in [6.07, 6.45) is 10.8. The summed E-state index contributed by atoms with van der Waals surface area (Å²) in [7, 11) is 4.29. The van der Waals surface area contributed by atoms with Gasteiger partial charge in [-0.25, -0.2) is 0 Å². The van der Waals surface area contributed by atoms with Crippen molar-refractivity contribution in [1.29, 1.82) is 0 Å². The summed E-state index contributed by atoms with van der Waals surface area (Å²) in [6.45, 7) is 0. The van der Waals surface area contributed by atoms with Crippen molar-refractivity contribution in [2.45, 2.75) is 4.90 Å². The molecule has 5 aromatic rings. The fraction of sp³-hybridized carbons (Fsp3) is 0.0690. The molecule has 0 bridgehead atoms. The van der Waals surface area contributed by atoms with E-state index in [-0.39, 0.29) is 0 Å². The van der Waals surface area contributed by atoms with Crippen molar-refractivity contribution in [3.63, 3.8) is 0 Å². The fourth-order valence-corrected chi connectivity index (χ4v) is 6.81. The fourth-order valence-electron chi connectivity index (χ4n) is 4.42. The van der Waals surface area contributed by atoms with Gasteiger partial charge in [-0.15, -0.1) is 0 Å². The van der Waals surface area contributed by atoms with Crippen molar-refractivity contribution >= 4 is 66.6 Å². The highest BCUT2D eigenvalue weighted by Crippen LogP contribution is 2.48. The lowest BCUT2D eigenvalue weighted by molar-refractivity contribution is -0.642. The number of thioether (sulfide) groups is 1. The van der Waals surface area contributed by atoms with Crippen LogP contribution in [0.25, 0.3) is 37.8 Å². The van der Waals surface area contributed by atoms with E-state index in [1.165, 1.54) is 52.4 Å². The van der Waals surface area contributed by atoms with Crippen LogP contribution in [0.4, 0.5) is 5.69 Å². The average molecular weight is 464 g/mol. The standard InChI is InChI=1S/C29H23N2S2/c1-30-24-18-16-20-10-6-8-12-22(20)28(24)32-26(30)14-4-3-5-15-27-31(2)25-19-17-21-11-7-9-13-23(21)29(25)33-27/h3-19H,1-2H3/q+1. The van der Waals surface area contributed by atoms with Crippen molar-refractivity contribution in [2.75, 3.05) is 11.9 Å². The maximum absolute atomic E-state index is 2.28. The van der Waals surface area contributed by atoms with Crippen molar-refractivity contribution in [3.8, 4) is 0 Å². The van der Waals surface area contributed by atoms with Crippen LogP contribution in [0.1, 0.15) is 5.01 Å². The predicted molar refractivity (Wildman–Crippen MR) is 145 cm³/mol. The van der Waals surface area contributed by atoms with Gasteiger partial charge in [0.1, 0.15) is 11.7 Å². The van der Waals surface area contributed by atoms with Gasteiger partial charge in [-0.3, -0.25) is 0 Å². The summed E-state index contributed by atoms with van der Waals surface area (Å²) in [5.41, 5.74) is 2.55. The zero-order valence-electron chi connectivity index (χ0n) is 18.5. The molecule has 0 radical (unpaired) electrons. The van der Waals surface area contributed by atoms with E-state index in [1.807, 2.05) is 23.1 Å². The van der Waals surface area contributed by atoms with Gasteiger partial charge in [0.05, 0.1) is 10.7 Å². The third-order valence-electron chi connectivity index (χ3n) is 6.21. The minimum atomic E-state index is 1.24. The molecule has 0 atom stereocenters. The molecular weight excluding hydrogens is 440 g/mol. The summed E-state index contributed by atoms with van der Waals surface area (Å²) in [4.78, 5) is 3.62. The molecule has 0 amide bonds. The highest BCUT2D eigenvalue weighted by molar-refractivity contribution is 8.04. The second-order valence-electron chi connectivity index (χ2n) is 8.18. The molecule has 0 aliphatic carbocycles. The maximum atomic E-state index is 2.28. The molecule has 0 saturated heterocycles. The van der Waals surface area contributed by atoms with Crippen LogP contribution in [0.15, 0.2) is 107 Å². The molecule has 1 aliphatic rings. The first-order chi connectivity index (χ1) is 16.2. The molecule has 0 fully saturated rings. The Morgan fingerprint density at radius 1 is 0.788 bits per heavy atom. The third kappa shape index (κ3) is 3.47. The van der Waals surface area contributed by atoms with Crippen LogP contribution >= 0.6 is 23.1 Å². The number of aryl methyl sites for hydroxylation is 1. The van der Waals surface area contributed by atoms with Gasteiger partial charge in [-0.2, -0.15) is 4.57 Å². The molecule has 1 aliphatic heterocycles. The topological polar surface area (TPSA) is 7.12 Å². The maximum Gasteiger partial charge on any atom is 0.262 e. The molecule has 0 unspecified atom stereocenters. The van der Waals surface area contributed by atoms with Gasteiger partial charge < -0.3 is 4.90 Å². The van der Waals surface area contributed by atoms with Gasteiger partial charge in [0.2, 0.25) is 5.52 Å². The van der Waals surface area contributed by atoms with Crippen LogP contribution in [0, 0.1) is 0 Å². The van der Waals surface area contributed by atoms with Crippen LogP contribution in [0.3, 0.4) is 0 Å². The van der Waals surface area contributed by atoms with Crippen LogP contribution in [0.5, 0.6) is 0 Å². The Hall–Kier alpha value is -3.34. The molecule has 0 N–H and O–H groups in total. The van der Waals surface area contributed by atoms with E-state index < -0.39 is 0 Å². The number of hydrogen-bond acceptors (Lipinski definition) is 3. The molecule has 4 heteroatoms. The zero-order valence-corrected chi connectivity index (χ0v) is 20.2. The summed E-state index contributed by atoms with van der Waals surface area (Å²) in [6, 6.07) is 26.1. The first kappa shape index (κ1) is 20.3. The Morgan fingerprint density at radius 3 is 2.36 bits per heavy atom. The first-order valence-corrected chi connectivity index (χ1v) is 12.6. The van der Waals surface area contributed by atoms with Gasteiger partial charge in [0.15, 0.2) is 0 Å². The van der Waals surface area contributed by atoms with E-state index in [2.05, 4.69) is 127 Å². The quantitative estimate of drug-likeness (QED) is 0.200. The van der Waals surface area contributed by atoms with Gasteiger partial charge in [0.25, 0.3) is 5.01 Å². The predicted octanol–water partition coefficient (Wildman–Crippen LogP) is 7.69. The lowest BCUT2D eigenvalue weighted by atomic mass is 10.1. The number of hydrogen-bond donors (Lipinski definition) is 0. The van der Waals surface area contributed by atoms with Crippen LogP contribution in [-0.2, 0) is 7.05 Å². The number of rotatable bonds is 3. The average Bonchev–Trinajstić information content (AvgIpc) is 3.35. The molecule has 2 nitrogen and oxygen atoms in total. The van der Waals surface area contributed by atoms with Crippen molar-refractivity contribution in [2.24, 2.45) is 7.05 Å². The smallest absolute Gasteiger partial charge is 0.262 e. The molecule has 160 valence electrons. The lowest BCUT2D eigenvalue weighted by Crippen LogP contribution is -2.28. The van der Waals surface area contributed by atoms with Crippen LogP contribution in [0.2, 0.25) is 0 Å².